The van der Waals surface area contributed by atoms with Crippen LogP contribution >= 0.6 is 0 Å². The molecule has 0 aliphatic carbocycles. The van der Waals surface area contributed by atoms with E-state index in [0.717, 1.165) is 25.3 Å². The minimum Gasteiger partial charge on any atom is -1.00 e. The first kappa shape index (κ1) is 16.0. The van der Waals surface area contributed by atoms with Gasteiger partial charge in [0.25, 0.3) is 0 Å². The Labute approximate surface area is 121 Å². The molecule has 1 amide bonds. The third-order valence-corrected chi connectivity index (χ3v) is 3.44. The average Bonchev–Trinajstić information content (AvgIpc) is 2.40. The highest BCUT2D eigenvalue weighted by atomic mass is 35.5. The third-order valence-electron chi connectivity index (χ3n) is 3.44. The Morgan fingerprint density at radius 1 is 1.16 bits per heavy atom. The van der Waals surface area contributed by atoms with Crippen LogP contribution in [-0.2, 0) is 4.79 Å². The van der Waals surface area contributed by atoms with Gasteiger partial charge in [0, 0.05) is 18.7 Å². The first-order valence-corrected chi connectivity index (χ1v) is 6.83. The maximum Gasteiger partial charge on any atom is 0.225 e. The zero-order valence-corrected chi connectivity index (χ0v) is 12.2. The minimum absolute atomic E-state index is 0. The van der Waals surface area contributed by atoms with Crippen LogP contribution in [0.1, 0.15) is 31.2 Å². The Hall–Kier alpha value is -1.06. The molecule has 1 saturated heterocycles. The average molecular weight is 282 g/mol. The van der Waals surface area contributed by atoms with Crippen LogP contribution in [0.25, 0.3) is 0 Å². The lowest BCUT2D eigenvalue weighted by Gasteiger charge is -2.25. The largest absolute Gasteiger partial charge is 1.00 e. The topological polar surface area (TPSA) is 32.3 Å². The molecule has 1 aromatic rings. The Morgan fingerprint density at radius 3 is 2.42 bits per heavy atom. The second-order valence-corrected chi connectivity index (χ2v) is 5.07. The van der Waals surface area contributed by atoms with E-state index in [2.05, 4.69) is 10.2 Å². The Morgan fingerprint density at radius 2 is 1.79 bits per heavy atom. The number of aryl methyl sites for hydroxylation is 1. The first-order chi connectivity index (χ1) is 8.74. The number of carbonyl (C=O) groups excluding carboxylic acids is 1. The first-order valence-electron chi connectivity index (χ1n) is 6.83. The predicted octanol–water partition coefficient (Wildman–Crippen LogP) is -0.186. The summed E-state index contributed by atoms with van der Waals surface area (Å²) in [5.74, 6) is 0.115. The molecule has 1 aliphatic heterocycles. The number of nitrogens with one attached hydrogen (secondary N) is 1. The summed E-state index contributed by atoms with van der Waals surface area (Å²) in [6.45, 7) is 5.23. The molecule has 106 valence electrons. The van der Waals surface area contributed by atoms with Crippen molar-refractivity contribution in [2.75, 3.05) is 25.0 Å². The van der Waals surface area contributed by atoms with Crippen LogP contribution in [0, 0.1) is 6.92 Å². The number of benzene rings is 1. The summed E-state index contributed by atoms with van der Waals surface area (Å²) in [5.41, 5.74) is 2.10. The minimum atomic E-state index is 0. The number of hydrogen-bond acceptors (Lipinski definition) is 2. The maximum absolute atomic E-state index is 11.8. The SMILES string of the molecule is Cc1ccc(NC(=O)CCN2CCCCC2)cc1.[Cl-]. The van der Waals surface area contributed by atoms with Crippen LogP contribution in [-0.4, -0.2) is 30.4 Å². The molecule has 0 saturated carbocycles. The van der Waals surface area contributed by atoms with E-state index in [0.29, 0.717) is 6.42 Å². The number of anilines is 1. The number of piperidine rings is 1. The van der Waals surface area contributed by atoms with Crippen molar-refractivity contribution in [3.8, 4) is 0 Å². The summed E-state index contributed by atoms with van der Waals surface area (Å²) in [7, 11) is 0. The fourth-order valence-electron chi connectivity index (χ4n) is 2.30. The molecule has 1 aliphatic rings. The highest BCUT2D eigenvalue weighted by molar-refractivity contribution is 5.90. The van der Waals surface area contributed by atoms with E-state index in [1.54, 1.807) is 0 Å². The number of likely N-dealkylation sites (tertiary alicyclic amines) is 1. The highest BCUT2D eigenvalue weighted by Gasteiger charge is 2.11. The van der Waals surface area contributed by atoms with Gasteiger partial charge in [-0.3, -0.25) is 4.79 Å². The molecule has 2 rings (SSSR count). The summed E-state index contributed by atoms with van der Waals surface area (Å²) < 4.78 is 0. The fourth-order valence-corrected chi connectivity index (χ4v) is 2.30. The fraction of sp³-hybridized carbons (Fsp3) is 0.533. The van der Waals surface area contributed by atoms with Crippen LogP contribution in [0.15, 0.2) is 24.3 Å². The molecular weight excluding hydrogens is 260 g/mol. The van der Waals surface area contributed by atoms with E-state index in [1.165, 1.54) is 24.8 Å². The van der Waals surface area contributed by atoms with Crippen molar-refractivity contribution >= 4 is 11.6 Å². The van der Waals surface area contributed by atoms with Crippen molar-refractivity contribution in [1.29, 1.82) is 0 Å². The molecule has 4 heteroatoms. The van der Waals surface area contributed by atoms with Gasteiger partial charge in [-0.15, -0.1) is 0 Å². The normalized spacial score (nSPS) is 15.6. The number of halogens is 1. The van der Waals surface area contributed by atoms with Gasteiger partial charge in [-0.1, -0.05) is 24.1 Å². The number of carbonyl (C=O) groups is 1. The molecule has 0 radical (unpaired) electrons. The smallest absolute Gasteiger partial charge is 0.225 e. The molecule has 1 N–H and O–H groups in total. The molecule has 3 nitrogen and oxygen atoms in total. The molecular formula is C15H22ClN2O-. The van der Waals surface area contributed by atoms with Crippen LogP contribution in [0.4, 0.5) is 5.69 Å². The van der Waals surface area contributed by atoms with Crippen molar-refractivity contribution in [1.82, 2.24) is 4.90 Å². The monoisotopic (exact) mass is 281 g/mol. The lowest BCUT2D eigenvalue weighted by atomic mass is 10.1. The molecule has 1 fully saturated rings. The van der Waals surface area contributed by atoms with Gasteiger partial charge in [0.2, 0.25) is 5.91 Å². The Kier molecular flexibility index (Phi) is 6.89. The van der Waals surface area contributed by atoms with Crippen LogP contribution in [0.2, 0.25) is 0 Å². The van der Waals surface area contributed by atoms with Gasteiger partial charge in [0.05, 0.1) is 0 Å². The summed E-state index contributed by atoms with van der Waals surface area (Å²) >= 11 is 0. The van der Waals surface area contributed by atoms with Gasteiger partial charge >= 0.3 is 0 Å². The highest BCUT2D eigenvalue weighted by Crippen LogP contribution is 2.11. The third kappa shape index (κ3) is 5.62. The molecule has 0 spiro atoms. The summed E-state index contributed by atoms with van der Waals surface area (Å²) in [6, 6.07) is 7.93. The maximum atomic E-state index is 11.8. The standard InChI is InChI=1S/C15H22N2O.ClH/c1-13-5-7-14(8-6-13)16-15(18)9-12-17-10-3-2-4-11-17;/h5-8H,2-4,9-12H2,1H3,(H,16,18);1H/p-1. The van der Waals surface area contributed by atoms with Crippen LogP contribution in [0.3, 0.4) is 0 Å². The lowest BCUT2D eigenvalue weighted by Crippen LogP contribution is -3.00. The van der Waals surface area contributed by atoms with Gasteiger partial charge in [-0.2, -0.15) is 0 Å². The molecule has 19 heavy (non-hydrogen) atoms. The van der Waals surface area contributed by atoms with E-state index in [-0.39, 0.29) is 18.3 Å². The van der Waals surface area contributed by atoms with Gasteiger partial charge in [-0.25, -0.2) is 0 Å². The quantitative estimate of drug-likeness (QED) is 0.830. The van der Waals surface area contributed by atoms with E-state index in [4.69, 9.17) is 0 Å². The number of rotatable bonds is 4. The molecule has 1 heterocycles. The van der Waals surface area contributed by atoms with E-state index in [9.17, 15) is 4.79 Å². The predicted molar refractivity (Wildman–Crippen MR) is 74.7 cm³/mol. The van der Waals surface area contributed by atoms with Crippen molar-refractivity contribution in [2.24, 2.45) is 0 Å². The molecule has 0 unspecified atom stereocenters. The zero-order valence-electron chi connectivity index (χ0n) is 11.5. The van der Waals surface area contributed by atoms with E-state index in [1.807, 2.05) is 31.2 Å². The van der Waals surface area contributed by atoms with Crippen molar-refractivity contribution in [3.63, 3.8) is 0 Å². The summed E-state index contributed by atoms with van der Waals surface area (Å²) in [6.07, 6.45) is 4.49. The Balaban J connectivity index is 0.00000180. The van der Waals surface area contributed by atoms with Gasteiger partial charge < -0.3 is 22.6 Å². The van der Waals surface area contributed by atoms with Crippen molar-refractivity contribution < 1.29 is 17.2 Å². The number of amides is 1. The lowest BCUT2D eigenvalue weighted by molar-refractivity contribution is -0.116. The number of hydrogen-bond donors (Lipinski definition) is 1. The van der Waals surface area contributed by atoms with Crippen molar-refractivity contribution in [2.45, 2.75) is 32.6 Å². The molecule has 1 aromatic carbocycles. The van der Waals surface area contributed by atoms with Gasteiger partial charge in [0.1, 0.15) is 0 Å². The summed E-state index contributed by atoms with van der Waals surface area (Å²) in [4.78, 5) is 14.2. The van der Waals surface area contributed by atoms with E-state index < -0.39 is 0 Å². The second-order valence-electron chi connectivity index (χ2n) is 5.07. The summed E-state index contributed by atoms with van der Waals surface area (Å²) in [5, 5.41) is 2.94. The molecule has 0 bridgehead atoms. The van der Waals surface area contributed by atoms with Crippen LogP contribution < -0.4 is 17.7 Å². The van der Waals surface area contributed by atoms with Gasteiger partial charge in [0.15, 0.2) is 0 Å². The zero-order chi connectivity index (χ0) is 12.8. The van der Waals surface area contributed by atoms with Gasteiger partial charge in [-0.05, 0) is 45.0 Å². The van der Waals surface area contributed by atoms with E-state index >= 15 is 0 Å². The molecule has 0 atom stereocenters. The Bertz CT molecular complexity index is 386. The molecule has 0 aromatic heterocycles. The number of nitrogens with zero attached hydrogens (tertiary/aromatic N) is 1. The second kappa shape index (κ2) is 8.18. The van der Waals surface area contributed by atoms with Crippen LogP contribution in [0.5, 0.6) is 0 Å². The van der Waals surface area contributed by atoms with Crippen molar-refractivity contribution in [3.05, 3.63) is 29.8 Å².